The zero-order chi connectivity index (χ0) is 11.5. The van der Waals surface area contributed by atoms with Crippen molar-refractivity contribution in [2.45, 2.75) is 63.5 Å². The summed E-state index contributed by atoms with van der Waals surface area (Å²) >= 11 is 0. The van der Waals surface area contributed by atoms with Gasteiger partial charge in [-0.15, -0.1) is 0 Å². The Morgan fingerprint density at radius 3 is 2.25 bits per heavy atom. The zero-order valence-electron chi connectivity index (χ0n) is 10.2. The van der Waals surface area contributed by atoms with Crippen LogP contribution in [0.25, 0.3) is 0 Å². The Bertz CT molecular complexity index is 248. The number of carboxylic acid groups (broad SMARTS) is 1. The van der Waals surface area contributed by atoms with Crippen LogP contribution in [-0.4, -0.2) is 35.1 Å². The number of carbonyl (C=O) groups is 1. The number of aliphatic carboxylic acids is 1. The molecule has 0 aromatic rings. The minimum Gasteiger partial charge on any atom is -0.481 e. The van der Waals surface area contributed by atoms with Crippen LogP contribution in [0.5, 0.6) is 0 Å². The molecule has 0 aliphatic heterocycles. The highest BCUT2D eigenvalue weighted by Crippen LogP contribution is 2.32. The lowest BCUT2D eigenvalue weighted by molar-refractivity contribution is -0.145. The van der Waals surface area contributed by atoms with Crippen molar-refractivity contribution in [3.05, 3.63) is 0 Å². The molecule has 2 saturated carbocycles. The van der Waals surface area contributed by atoms with E-state index in [-0.39, 0.29) is 12.0 Å². The minimum atomic E-state index is -0.588. The molecule has 0 spiro atoms. The van der Waals surface area contributed by atoms with E-state index >= 15 is 0 Å². The molecule has 16 heavy (non-hydrogen) atoms. The van der Waals surface area contributed by atoms with Gasteiger partial charge in [0.15, 0.2) is 0 Å². The molecule has 3 nitrogen and oxygen atoms in total. The smallest absolute Gasteiger partial charge is 0.308 e. The molecule has 0 saturated heterocycles. The van der Waals surface area contributed by atoms with E-state index in [2.05, 4.69) is 11.9 Å². The summed E-state index contributed by atoms with van der Waals surface area (Å²) in [6, 6.07) is 0.930. The van der Waals surface area contributed by atoms with Crippen LogP contribution in [0.15, 0.2) is 0 Å². The molecular weight excluding hydrogens is 202 g/mol. The molecule has 0 unspecified atom stereocenters. The predicted octanol–water partition coefficient (Wildman–Crippen LogP) is 2.50. The standard InChI is InChI=1S/C13H23NO2/c1-14(10-6-2-3-7-10)12-9-5-4-8-11(12)13(15)16/h10-12H,2-9H2,1H3,(H,15,16)/t11-,12+/m1/s1. The maximum absolute atomic E-state index is 11.3. The third-order valence-corrected chi connectivity index (χ3v) is 4.47. The van der Waals surface area contributed by atoms with Gasteiger partial charge in [-0.1, -0.05) is 25.7 Å². The highest BCUT2D eigenvalue weighted by molar-refractivity contribution is 5.71. The van der Waals surface area contributed by atoms with Crippen LogP contribution in [0, 0.1) is 5.92 Å². The van der Waals surface area contributed by atoms with Gasteiger partial charge in [-0.2, -0.15) is 0 Å². The van der Waals surface area contributed by atoms with Gasteiger partial charge in [-0.05, 0) is 32.7 Å². The van der Waals surface area contributed by atoms with E-state index in [1.54, 1.807) is 0 Å². The number of hydrogen-bond donors (Lipinski definition) is 1. The van der Waals surface area contributed by atoms with Gasteiger partial charge in [0, 0.05) is 12.1 Å². The lowest BCUT2D eigenvalue weighted by Gasteiger charge is -2.39. The number of carboxylic acids is 1. The second-order valence-electron chi connectivity index (χ2n) is 5.40. The Morgan fingerprint density at radius 2 is 1.62 bits per heavy atom. The lowest BCUT2D eigenvalue weighted by atomic mass is 9.83. The predicted molar refractivity (Wildman–Crippen MR) is 63.4 cm³/mol. The van der Waals surface area contributed by atoms with Gasteiger partial charge in [0.2, 0.25) is 0 Å². The van der Waals surface area contributed by atoms with Gasteiger partial charge >= 0.3 is 5.97 Å². The van der Waals surface area contributed by atoms with Gasteiger partial charge in [0.05, 0.1) is 5.92 Å². The molecule has 2 fully saturated rings. The Kier molecular flexibility index (Phi) is 3.85. The maximum Gasteiger partial charge on any atom is 0.308 e. The first-order chi connectivity index (χ1) is 7.70. The quantitative estimate of drug-likeness (QED) is 0.802. The first-order valence-corrected chi connectivity index (χ1v) is 6.65. The van der Waals surface area contributed by atoms with Gasteiger partial charge in [0.1, 0.15) is 0 Å². The molecule has 92 valence electrons. The molecule has 0 heterocycles. The summed E-state index contributed by atoms with van der Waals surface area (Å²) in [5.41, 5.74) is 0. The van der Waals surface area contributed by atoms with Crippen LogP contribution in [0.4, 0.5) is 0 Å². The number of rotatable bonds is 3. The normalized spacial score (nSPS) is 32.1. The van der Waals surface area contributed by atoms with E-state index in [0.717, 1.165) is 19.3 Å². The molecule has 0 amide bonds. The average Bonchev–Trinajstić information content (AvgIpc) is 2.81. The molecule has 2 aliphatic carbocycles. The van der Waals surface area contributed by atoms with Crippen molar-refractivity contribution >= 4 is 5.97 Å². The Balaban J connectivity index is 2.01. The monoisotopic (exact) mass is 225 g/mol. The maximum atomic E-state index is 11.3. The fourth-order valence-electron chi connectivity index (χ4n) is 3.47. The van der Waals surface area contributed by atoms with Crippen molar-refractivity contribution in [1.82, 2.24) is 4.90 Å². The molecule has 3 heteroatoms. The van der Waals surface area contributed by atoms with E-state index in [9.17, 15) is 9.90 Å². The molecule has 0 radical (unpaired) electrons. The third kappa shape index (κ3) is 2.40. The molecule has 2 atom stereocenters. The summed E-state index contributed by atoms with van der Waals surface area (Å²) in [5.74, 6) is -0.714. The molecular formula is C13H23NO2. The Labute approximate surface area is 97.8 Å². The number of hydrogen-bond acceptors (Lipinski definition) is 2. The molecule has 2 rings (SSSR count). The van der Waals surface area contributed by atoms with E-state index < -0.39 is 5.97 Å². The van der Waals surface area contributed by atoms with Gasteiger partial charge in [0.25, 0.3) is 0 Å². The third-order valence-electron chi connectivity index (χ3n) is 4.47. The molecule has 0 aromatic heterocycles. The SMILES string of the molecule is CN(C1CCCC1)[C@H]1CCCC[C@H]1C(=O)O. The summed E-state index contributed by atoms with van der Waals surface area (Å²) in [6.07, 6.45) is 9.40. The Hall–Kier alpha value is -0.570. The number of nitrogens with zero attached hydrogens (tertiary/aromatic N) is 1. The largest absolute Gasteiger partial charge is 0.481 e. The van der Waals surface area contributed by atoms with Gasteiger partial charge < -0.3 is 5.11 Å². The minimum absolute atomic E-state index is 0.126. The van der Waals surface area contributed by atoms with E-state index in [4.69, 9.17) is 0 Å². The fourth-order valence-corrected chi connectivity index (χ4v) is 3.47. The second kappa shape index (κ2) is 5.17. The first-order valence-electron chi connectivity index (χ1n) is 6.65. The van der Waals surface area contributed by atoms with Crippen LogP contribution in [0.2, 0.25) is 0 Å². The van der Waals surface area contributed by atoms with Crippen molar-refractivity contribution in [2.24, 2.45) is 5.92 Å². The fraction of sp³-hybridized carbons (Fsp3) is 0.923. The second-order valence-corrected chi connectivity index (χ2v) is 5.40. The van der Waals surface area contributed by atoms with Crippen LogP contribution < -0.4 is 0 Å². The van der Waals surface area contributed by atoms with Crippen LogP contribution >= 0.6 is 0 Å². The molecule has 0 bridgehead atoms. The highest BCUT2D eigenvalue weighted by Gasteiger charge is 2.36. The van der Waals surface area contributed by atoms with Crippen molar-refractivity contribution in [1.29, 1.82) is 0 Å². The summed E-state index contributed by atoms with van der Waals surface area (Å²) in [5, 5.41) is 9.27. The Morgan fingerprint density at radius 1 is 1.06 bits per heavy atom. The van der Waals surface area contributed by atoms with Crippen molar-refractivity contribution in [3.63, 3.8) is 0 Å². The molecule has 0 aromatic carbocycles. The topological polar surface area (TPSA) is 40.5 Å². The summed E-state index contributed by atoms with van der Waals surface area (Å²) < 4.78 is 0. The molecule has 2 aliphatic rings. The van der Waals surface area contributed by atoms with E-state index in [1.807, 2.05) is 0 Å². The summed E-state index contributed by atoms with van der Waals surface area (Å²) in [6.45, 7) is 0. The lowest BCUT2D eigenvalue weighted by Crippen LogP contribution is -2.47. The molecule has 1 N–H and O–H groups in total. The van der Waals surface area contributed by atoms with Crippen LogP contribution in [0.1, 0.15) is 51.4 Å². The van der Waals surface area contributed by atoms with Crippen molar-refractivity contribution in [3.8, 4) is 0 Å². The van der Waals surface area contributed by atoms with Crippen molar-refractivity contribution in [2.75, 3.05) is 7.05 Å². The summed E-state index contributed by atoms with van der Waals surface area (Å²) in [7, 11) is 2.14. The van der Waals surface area contributed by atoms with E-state index in [1.165, 1.54) is 32.1 Å². The average molecular weight is 225 g/mol. The van der Waals surface area contributed by atoms with Gasteiger partial charge in [-0.25, -0.2) is 0 Å². The van der Waals surface area contributed by atoms with Crippen molar-refractivity contribution < 1.29 is 9.90 Å². The van der Waals surface area contributed by atoms with Gasteiger partial charge in [-0.3, -0.25) is 9.69 Å². The highest BCUT2D eigenvalue weighted by atomic mass is 16.4. The van der Waals surface area contributed by atoms with E-state index in [0.29, 0.717) is 6.04 Å². The first kappa shape index (κ1) is 11.9. The van der Waals surface area contributed by atoms with Crippen LogP contribution in [0.3, 0.4) is 0 Å². The summed E-state index contributed by atoms with van der Waals surface area (Å²) in [4.78, 5) is 13.6. The van der Waals surface area contributed by atoms with Crippen LogP contribution in [-0.2, 0) is 4.79 Å². The zero-order valence-corrected chi connectivity index (χ0v) is 10.2.